The van der Waals surface area contributed by atoms with Gasteiger partial charge in [-0.15, -0.1) is 0 Å². The molecule has 0 saturated carbocycles. The molecule has 0 bridgehead atoms. The summed E-state index contributed by atoms with van der Waals surface area (Å²) in [4.78, 5) is 23.6. The first-order valence-electron chi connectivity index (χ1n) is 7.40. The summed E-state index contributed by atoms with van der Waals surface area (Å²) < 4.78 is 5.62. The molecule has 1 atom stereocenters. The van der Waals surface area contributed by atoms with Crippen LogP contribution in [-0.2, 0) is 9.59 Å². The van der Waals surface area contributed by atoms with Crippen LogP contribution in [0.15, 0.2) is 24.3 Å². The number of hydrogen-bond acceptors (Lipinski definition) is 4. The van der Waals surface area contributed by atoms with E-state index in [-0.39, 0.29) is 30.4 Å². The summed E-state index contributed by atoms with van der Waals surface area (Å²) in [6, 6.07) is 6.54. The van der Waals surface area contributed by atoms with Gasteiger partial charge in [0, 0.05) is 0 Å². The van der Waals surface area contributed by atoms with Crippen LogP contribution in [0.4, 0.5) is 5.69 Å². The van der Waals surface area contributed by atoms with Gasteiger partial charge in [-0.05, 0) is 31.9 Å². The number of amides is 2. The molecule has 1 rings (SSSR count). The number of anilines is 1. The van der Waals surface area contributed by atoms with Crippen molar-refractivity contribution in [1.82, 2.24) is 5.32 Å². The van der Waals surface area contributed by atoms with Gasteiger partial charge in [0.15, 0.2) is 0 Å². The van der Waals surface area contributed by atoms with Gasteiger partial charge < -0.3 is 21.1 Å². The molecule has 122 valence electrons. The van der Waals surface area contributed by atoms with Crippen molar-refractivity contribution in [2.45, 2.75) is 39.8 Å². The van der Waals surface area contributed by atoms with E-state index in [1.807, 2.05) is 33.8 Å². The van der Waals surface area contributed by atoms with Gasteiger partial charge in [0.2, 0.25) is 11.8 Å². The molecule has 0 heterocycles. The third kappa shape index (κ3) is 5.73. The predicted molar refractivity (Wildman–Crippen MR) is 86.7 cm³/mol. The van der Waals surface area contributed by atoms with E-state index in [0.717, 1.165) is 0 Å². The molecule has 0 radical (unpaired) electrons. The van der Waals surface area contributed by atoms with Crippen LogP contribution < -0.4 is 21.1 Å². The second kappa shape index (κ2) is 8.38. The van der Waals surface area contributed by atoms with Crippen LogP contribution >= 0.6 is 0 Å². The number of nitrogens with one attached hydrogen (secondary N) is 2. The van der Waals surface area contributed by atoms with Crippen molar-refractivity contribution in [3.8, 4) is 5.75 Å². The fraction of sp³-hybridized carbons (Fsp3) is 0.500. The lowest BCUT2D eigenvalue weighted by molar-refractivity contribution is -0.125. The van der Waals surface area contributed by atoms with Crippen molar-refractivity contribution < 1.29 is 14.3 Å². The van der Waals surface area contributed by atoms with Gasteiger partial charge in [0.25, 0.3) is 0 Å². The first kappa shape index (κ1) is 18.0. The summed E-state index contributed by atoms with van der Waals surface area (Å²) in [7, 11) is 0. The van der Waals surface area contributed by atoms with Crippen molar-refractivity contribution in [3.63, 3.8) is 0 Å². The van der Waals surface area contributed by atoms with Crippen molar-refractivity contribution >= 4 is 17.5 Å². The lowest BCUT2D eigenvalue weighted by Gasteiger charge is -2.16. The Morgan fingerprint density at radius 2 is 1.82 bits per heavy atom. The smallest absolute Gasteiger partial charge is 0.243 e. The maximum Gasteiger partial charge on any atom is 0.243 e. The van der Waals surface area contributed by atoms with E-state index in [1.54, 1.807) is 18.2 Å². The molecule has 2 amide bonds. The lowest BCUT2D eigenvalue weighted by Crippen LogP contribution is -2.46. The van der Waals surface area contributed by atoms with Crippen LogP contribution in [0.2, 0.25) is 0 Å². The van der Waals surface area contributed by atoms with Crippen LogP contribution in [0.3, 0.4) is 0 Å². The molecule has 1 aromatic carbocycles. The largest absolute Gasteiger partial charge is 0.489 e. The van der Waals surface area contributed by atoms with E-state index in [9.17, 15) is 9.59 Å². The standard InChI is InChI=1S/C16H25N3O3/c1-10(2)15(17)16(21)18-9-14(20)19-12-7-5-6-8-13(12)22-11(3)4/h5-8,10-11,15H,9,17H2,1-4H3,(H,18,21)(H,19,20)/t15-/m0/s1. The minimum atomic E-state index is -0.621. The van der Waals surface area contributed by atoms with Crippen LogP contribution in [-0.4, -0.2) is 30.5 Å². The number of carbonyl (C=O) groups excluding carboxylic acids is 2. The normalized spacial score (nSPS) is 12.1. The molecule has 0 unspecified atom stereocenters. The van der Waals surface area contributed by atoms with Crippen molar-refractivity contribution in [1.29, 1.82) is 0 Å². The predicted octanol–water partition coefficient (Wildman–Crippen LogP) is 1.51. The molecule has 6 heteroatoms. The summed E-state index contributed by atoms with van der Waals surface area (Å²) >= 11 is 0. The molecule has 1 aromatic rings. The van der Waals surface area contributed by atoms with Crippen molar-refractivity contribution in [3.05, 3.63) is 24.3 Å². The minimum Gasteiger partial charge on any atom is -0.489 e. The first-order chi connectivity index (χ1) is 10.3. The molecule has 0 aliphatic heterocycles. The molecular formula is C16H25N3O3. The van der Waals surface area contributed by atoms with Gasteiger partial charge in [0.05, 0.1) is 24.4 Å². The molecule has 6 nitrogen and oxygen atoms in total. The van der Waals surface area contributed by atoms with E-state index in [0.29, 0.717) is 11.4 Å². The molecule has 0 aliphatic rings. The SMILES string of the molecule is CC(C)Oc1ccccc1NC(=O)CNC(=O)[C@@H](N)C(C)C. The summed E-state index contributed by atoms with van der Waals surface area (Å²) in [5.41, 5.74) is 6.29. The van der Waals surface area contributed by atoms with Gasteiger partial charge in [-0.2, -0.15) is 0 Å². The Kier molecular flexibility index (Phi) is 6.85. The first-order valence-corrected chi connectivity index (χ1v) is 7.40. The summed E-state index contributed by atoms with van der Waals surface area (Å²) in [6.45, 7) is 7.39. The van der Waals surface area contributed by atoms with Gasteiger partial charge in [-0.25, -0.2) is 0 Å². The van der Waals surface area contributed by atoms with Crippen LogP contribution in [0, 0.1) is 5.92 Å². The number of nitrogens with two attached hydrogens (primary N) is 1. The molecule has 22 heavy (non-hydrogen) atoms. The Hall–Kier alpha value is -2.08. The Morgan fingerprint density at radius 1 is 1.18 bits per heavy atom. The number of carbonyl (C=O) groups is 2. The van der Waals surface area contributed by atoms with E-state index in [4.69, 9.17) is 10.5 Å². The van der Waals surface area contributed by atoms with Crippen molar-refractivity contribution in [2.24, 2.45) is 11.7 Å². The fourth-order valence-corrected chi connectivity index (χ4v) is 1.71. The van der Waals surface area contributed by atoms with Crippen LogP contribution in [0.1, 0.15) is 27.7 Å². The summed E-state index contributed by atoms with van der Waals surface area (Å²) in [5.74, 6) is -0.0553. The minimum absolute atomic E-state index is 0.00166. The zero-order valence-corrected chi connectivity index (χ0v) is 13.6. The molecule has 0 aliphatic carbocycles. The highest BCUT2D eigenvalue weighted by Crippen LogP contribution is 2.24. The van der Waals surface area contributed by atoms with Crippen molar-refractivity contribution in [2.75, 3.05) is 11.9 Å². The van der Waals surface area contributed by atoms with Crippen LogP contribution in [0.5, 0.6) is 5.75 Å². The Labute approximate surface area is 131 Å². The molecule has 0 saturated heterocycles. The highest BCUT2D eigenvalue weighted by molar-refractivity contribution is 5.96. The Balaban J connectivity index is 2.57. The number of ether oxygens (including phenoxy) is 1. The second-order valence-electron chi connectivity index (χ2n) is 5.70. The van der Waals surface area contributed by atoms with E-state index in [2.05, 4.69) is 10.6 Å². The average Bonchev–Trinajstić information content (AvgIpc) is 2.45. The van der Waals surface area contributed by atoms with E-state index >= 15 is 0 Å². The number of para-hydroxylation sites is 2. The molecular weight excluding hydrogens is 282 g/mol. The van der Waals surface area contributed by atoms with E-state index in [1.165, 1.54) is 0 Å². The maximum atomic E-state index is 11.9. The zero-order valence-electron chi connectivity index (χ0n) is 13.6. The number of benzene rings is 1. The Morgan fingerprint density at radius 3 is 2.41 bits per heavy atom. The lowest BCUT2D eigenvalue weighted by atomic mass is 10.1. The molecule has 4 N–H and O–H groups in total. The van der Waals surface area contributed by atoms with Gasteiger partial charge >= 0.3 is 0 Å². The summed E-state index contributed by atoms with van der Waals surface area (Å²) in [6.07, 6.45) is 0.00166. The monoisotopic (exact) mass is 307 g/mol. The van der Waals surface area contributed by atoms with Crippen LogP contribution in [0.25, 0.3) is 0 Å². The highest BCUT2D eigenvalue weighted by atomic mass is 16.5. The number of rotatable bonds is 7. The number of hydrogen-bond donors (Lipinski definition) is 3. The quantitative estimate of drug-likeness (QED) is 0.712. The average molecular weight is 307 g/mol. The second-order valence-corrected chi connectivity index (χ2v) is 5.70. The van der Waals surface area contributed by atoms with Gasteiger partial charge in [0.1, 0.15) is 5.75 Å². The third-order valence-corrected chi connectivity index (χ3v) is 2.97. The zero-order chi connectivity index (χ0) is 16.7. The fourth-order valence-electron chi connectivity index (χ4n) is 1.71. The maximum absolute atomic E-state index is 11.9. The topological polar surface area (TPSA) is 93.5 Å². The molecule has 0 aromatic heterocycles. The molecule has 0 spiro atoms. The third-order valence-electron chi connectivity index (χ3n) is 2.97. The Bertz CT molecular complexity index is 515. The van der Waals surface area contributed by atoms with Gasteiger partial charge in [-0.1, -0.05) is 26.0 Å². The van der Waals surface area contributed by atoms with E-state index < -0.39 is 6.04 Å². The molecule has 0 fully saturated rings. The van der Waals surface area contributed by atoms with Gasteiger partial charge in [-0.3, -0.25) is 9.59 Å². The highest BCUT2D eigenvalue weighted by Gasteiger charge is 2.18. The summed E-state index contributed by atoms with van der Waals surface area (Å²) in [5, 5.41) is 5.25.